The molecule has 98 valence electrons. The van der Waals surface area contributed by atoms with Crippen molar-refractivity contribution in [1.82, 2.24) is 10.2 Å². The van der Waals surface area contributed by atoms with E-state index in [2.05, 4.69) is 17.1 Å². The smallest absolute Gasteiger partial charge is 0.318 e. The summed E-state index contributed by atoms with van der Waals surface area (Å²) in [6, 6.07) is -0.936. The molecule has 3 atom stereocenters. The van der Waals surface area contributed by atoms with Crippen LogP contribution in [0.25, 0.3) is 0 Å². The molecule has 0 radical (unpaired) electrons. The van der Waals surface area contributed by atoms with Crippen molar-refractivity contribution in [3.05, 3.63) is 0 Å². The number of nitrogens with zero attached hydrogens (tertiary/aromatic N) is 1. The predicted octanol–water partition coefficient (Wildman–Crippen LogP) is -0.371. The molecule has 1 aliphatic rings. The Bertz CT molecular complexity index is 295. The van der Waals surface area contributed by atoms with Gasteiger partial charge in [-0.15, -0.1) is 0 Å². The number of primary amides is 1. The van der Waals surface area contributed by atoms with Crippen molar-refractivity contribution < 1.29 is 9.59 Å². The second-order valence-electron chi connectivity index (χ2n) is 4.65. The van der Waals surface area contributed by atoms with Crippen molar-refractivity contribution in [1.29, 1.82) is 0 Å². The number of urea groups is 1. The van der Waals surface area contributed by atoms with E-state index in [-0.39, 0.29) is 18.0 Å². The van der Waals surface area contributed by atoms with E-state index < -0.39 is 6.03 Å². The Kier molecular flexibility index (Phi) is 4.89. The molecule has 6 nitrogen and oxygen atoms in total. The largest absolute Gasteiger partial charge is 0.351 e. The Labute approximate surface area is 102 Å². The van der Waals surface area contributed by atoms with Crippen molar-refractivity contribution in [2.75, 3.05) is 13.1 Å². The number of amides is 3. The normalized spacial score (nSPS) is 27.5. The number of carbonyl (C=O) groups excluding carboxylic acids is 2. The molecule has 0 aromatic heterocycles. The van der Waals surface area contributed by atoms with Gasteiger partial charge in [0.1, 0.15) is 0 Å². The van der Waals surface area contributed by atoms with E-state index in [1.165, 1.54) is 0 Å². The van der Waals surface area contributed by atoms with Gasteiger partial charge in [0.25, 0.3) is 0 Å². The summed E-state index contributed by atoms with van der Waals surface area (Å²) >= 11 is 0. The van der Waals surface area contributed by atoms with Crippen molar-refractivity contribution in [3.8, 4) is 0 Å². The second kappa shape index (κ2) is 5.97. The molecular formula is C11H22N4O2. The molecule has 3 amide bonds. The Morgan fingerprint density at radius 3 is 2.71 bits per heavy atom. The van der Waals surface area contributed by atoms with Gasteiger partial charge in [0.2, 0.25) is 5.91 Å². The minimum atomic E-state index is -0.803. The lowest BCUT2D eigenvalue weighted by atomic mass is 9.90. The summed E-state index contributed by atoms with van der Waals surface area (Å²) in [4.78, 5) is 24.3. The molecule has 1 heterocycles. The van der Waals surface area contributed by atoms with Crippen LogP contribution in [0.5, 0.6) is 0 Å². The number of nitrogens with two attached hydrogens (primary N) is 2. The molecule has 0 aliphatic carbocycles. The van der Waals surface area contributed by atoms with Crippen LogP contribution in [0.2, 0.25) is 0 Å². The van der Waals surface area contributed by atoms with Gasteiger partial charge in [-0.05, 0) is 19.3 Å². The van der Waals surface area contributed by atoms with Crippen LogP contribution in [0.1, 0.15) is 26.7 Å². The molecule has 17 heavy (non-hydrogen) atoms. The number of piperidine rings is 1. The van der Waals surface area contributed by atoms with E-state index in [1.54, 1.807) is 6.92 Å². The molecule has 0 bridgehead atoms. The summed E-state index contributed by atoms with van der Waals surface area (Å²) in [5.41, 5.74) is 10.9. The molecule has 6 heteroatoms. The lowest BCUT2D eigenvalue weighted by Crippen LogP contribution is -2.55. The van der Waals surface area contributed by atoms with Gasteiger partial charge in [-0.2, -0.15) is 0 Å². The molecule has 3 unspecified atom stereocenters. The molecule has 5 N–H and O–H groups in total. The molecule has 0 aromatic carbocycles. The topological polar surface area (TPSA) is 101 Å². The molecule has 1 rings (SSSR count). The molecular weight excluding hydrogens is 220 g/mol. The third-order valence-corrected chi connectivity index (χ3v) is 3.52. The zero-order valence-electron chi connectivity index (χ0n) is 10.5. The highest BCUT2D eigenvalue weighted by Gasteiger charge is 2.30. The minimum Gasteiger partial charge on any atom is -0.351 e. The van der Waals surface area contributed by atoms with Gasteiger partial charge < -0.3 is 11.5 Å². The summed E-state index contributed by atoms with van der Waals surface area (Å²) in [6.45, 7) is 5.46. The maximum atomic E-state index is 11.6. The highest BCUT2D eigenvalue weighted by atomic mass is 16.2. The molecule has 0 saturated carbocycles. The van der Waals surface area contributed by atoms with Crippen LogP contribution in [-0.4, -0.2) is 42.0 Å². The Hall–Kier alpha value is -1.14. The van der Waals surface area contributed by atoms with Gasteiger partial charge in [-0.25, -0.2) is 4.79 Å². The van der Waals surface area contributed by atoms with Crippen molar-refractivity contribution in [2.24, 2.45) is 17.4 Å². The van der Waals surface area contributed by atoms with E-state index in [1.807, 2.05) is 0 Å². The first-order valence-electron chi connectivity index (χ1n) is 6.05. The molecule has 1 fully saturated rings. The van der Waals surface area contributed by atoms with Gasteiger partial charge in [0.15, 0.2) is 0 Å². The van der Waals surface area contributed by atoms with Crippen LogP contribution < -0.4 is 16.8 Å². The van der Waals surface area contributed by atoms with Gasteiger partial charge >= 0.3 is 6.03 Å². The Morgan fingerprint density at radius 2 is 2.18 bits per heavy atom. The molecule has 1 aliphatic heterocycles. The first-order chi connectivity index (χ1) is 7.95. The summed E-state index contributed by atoms with van der Waals surface area (Å²) in [6.07, 6.45) is 1.88. The lowest BCUT2D eigenvalue weighted by molar-refractivity contribution is -0.125. The fourth-order valence-electron chi connectivity index (χ4n) is 2.25. The third kappa shape index (κ3) is 3.67. The highest BCUT2D eigenvalue weighted by Crippen LogP contribution is 2.20. The summed E-state index contributed by atoms with van der Waals surface area (Å²) in [7, 11) is 0. The van der Waals surface area contributed by atoms with Crippen LogP contribution in [0.4, 0.5) is 4.79 Å². The van der Waals surface area contributed by atoms with Crippen LogP contribution >= 0.6 is 0 Å². The van der Waals surface area contributed by atoms with E-state index in [0.29, 0.717) is 5.92 Å². The lowest BCUT2D eigenvalue weighted by Gasteiger charge is -2.39. The number of imide groups is 1. The van der Waals surface area contributed by atoms with Gasteiger partial charge in [0.05, 0.1) is 6.04 Å². The number of carbonyl (C=O) groups is 2. The van der Waals surface area contributed by atoms with Crippen LogP contribution in [-0.2, 0) is 4.79 Å². The average molecular weight is 242 g/mol. The van der Waals surface area contributed by atoms with E-state index in [9.17, 15) is 9.59 Å². The third-order valence-electron chi connectivity index (χ3n) is 3.52. The monoisotopic (exact) mass is 242 g/mol. The van der Waals surface area contributed by atoms with Gasteiger partial charge in [-0.1, -0.05) is 13.3 Å². The van der Waals surface area contributed by atoms with E-state index in [0.717, 1.165) is 25.9 Å². The van der Waals surface area contributed by atoms with E-state index >= 15 is 0 Å². The first-order valence-corrected chi connectivity index (χ1v) is 6.05. The van der Waals surface area contributed by atoms with Crippen LogP contribution in [0.3, 0.4) is 0 Å². The second-order valence-corrected chi connectivity index (χ2v) is 4.65. The van der Waals surface area contributed by atoms with Crippen LogP contribution in [0, 0.1) is 5.92 Å². The minimum absolute atomic E-state index is 0.211. The quantitative estimate of drug-likeness (QED) is 0.628. The highest BCUT2D eigenvalue weighted by molar-refractivity contribution is 5.96. The first kappa shape index (κ1) is 13.9. The van der Waals surface area contributed by atoms with Crippen LogP contribution in [0.15, 0.2) is 0 Å². The predicted molar refractivity (Wildman–Crippen MR) is 65.1 cm³/mol. The molecule has 0 spiro atoms. The number of likely N-dealkylation sites (tertiary alicyclic amines) is 1. The fourth-order valence-corrected chi connectivity index (χ4v) is 2.25. The zero-order valence-corrected chi connectivity index (χ0v) is 10.5. The summed E-state index contributed by atoms with van der Waals surface area (Å²) < 4.78 is 0. The maximum Gasteiger partial charge on any atom is 0.318 e. The van der Waals surface area contributed by atoms with Crippen molar-refractivity contribution in [3.63, 3.8) is 0 Å². The van der Waals surface area contributed by atoms with Gasteiger partial charge in [0, 0.05) is 19.1 Å². The summed E-state index contributed by atoms with van der Waals surface area (Å²) in [5.74, 6) is 0.0652. The maximum absolute atomic E-state index is 11.6. The number of rotatable bonds is 3. The zero-order chi connectivity index (χ0) is 13.0. The number of hydrogen-bond acceptors (Lipinski definition) is 4. The number of nitrogens with one attached hydrogen (secondary N) is 1. The molecule has 1 saturated heterocycles. The SMILES string of the molecule is CCC1CN(C(C)C(=O)NC(N)=O)CCC1N. The van der Waals surface area contributed by atoms with Crippen molar-refractivity contribution in [2.45, 2.75) is 38.8 Å². The van der Waals surface area contributed by atoms with Gasteiger partial charge in [-0.3, -0.25) is 15.0 Å². The number of hydrogen-bond donors (Lipinski definition) is 3. The Balaban J connectivity index is 2.55. The fraction of sp³-hybridized carbons (Fsp3) is 0.818. The summed E-state index contributed by atoms with van der Waals surface area (Å²) in [5, 5.41) is 2.11. The standard InChI is InChI=1S/C11H22N4O2/c1-3-8-6-15(5-4-9(8)12)7(2)10(16)14-11(13)17/h7-9H,3-6,12H2,1-2H3,(H3,13,14,16,17). The van der Waals surface area contributed by atoms with Crippen molar-refractivity contribution >= 4 is 11.9 Å². The average Bonchev–Trinajstić information content (AvgIpc) is 2.27. The Morgan fingerprint density at radius 1 is 1.53 bits per heavy atom. The van der Waals surface area contributed by atoms with E-state index in [4.69, 9.17) is 11.5 Å². The molecule has 0 aromatic rings.